The summed E-state index contributed by atoms with van der Waals surface area (Å²) in [5, 5.41) is 7.90. The van der Waals surface area contributed by atoms with Crippen LogP contribution in [0.15, 0.2) is 35.5 Å². The van der Waals surface area contributed by atoms with Gasteiger partial charge in [0.05, 0.1) is 0 Å². The number of nitrogens with zero attached hydrogens (tertiary/aromatic N) is 3. The Morgan fingerprint density at radius 1 is 1.25 bits per heavy atom. The van der Waals surface area contributed by atoms with Crippen LogP contribution in [-0.2, 0) is 11.2 Å². The number of hydrogen-bond donors (Lipinski definition) is 1. The molecular weight excluding hydrogens is 300 g/mol. The van der Waals surface area contributed by atoms with Gasteiger partial charge in [-0.05, 0) is 36.8 Å². The first-order valence-electron chi connectivity index (χ1n) is 8.62. The van der Waals surface area contributed by atoms with Gasteiger partial charge in [0.15, 0.2) is 5.78 Å². The van der Waals surface area contributed by atoms with Crippen LogP contribution in [0.5, 0.6) is 0 Å². The highest BCUT2D eigenvalue weighted by molar-refractivity contribution is 5.99. The second kappa shape index (κ2) is 5.58. The third-order valence-corrected chi connectivity index (χ3v) is 4.93. The van der Waals surface area contributed by atoms with Crippen molar-refractivity contribution in [3.05, 3.63) is 52.5 Å². The van der Waals surface area contributed by atoms with Crippen LogP contribution >= 0.6 is 0 Å². The maximum Gasteiger partial charge on any atom is 0.226 e. The molecule has 5 heteroatoms. The molecule has 2 aromatic rings. The number of ketones is 1. The maximum absolute atomic E-state index is 12.8. The molecule has 124 valence electrons. The van der Waals surface area contributed by atoms with Gasteiger partial charge < -0.3 is 5.32 Å². The van der Waals surface area contributed by atoms with E-state index in [0.717, 1.165) is 35.6 Å². The third-order valence-electron chi connectivity index (χ3n) is 4.93. The first-order valence-corrected chi connectivity index (χ1v) is 8.62. The van der Waals surface area contributed by atoms with Gasteiger partial charge in [-0.15, -0.1) is 0 Å². The zero-order chi connectivity index (χ0) is 16.8. The van der Waals surface area contributed by atoms with Crippen LogP contribution in [0.2, 0.25) is 0 Å². The van der Waals surface area contributed by atoms with Gasteiger partial charge in [0.25, 0.3) is 0 Å². The molecule has 5 nitrogen and oxygen atoms in total. The highest BCUT2D eigenvalue weighted by Gasteiger charge is 2.38. The first-order chi connectivity index (χ1) is 11.6. The minimum Gasteiger partial charge on any atom is -0.328 e. The van der Waals surface area contributed by atoms with Crippen LogP contribution in [0.1, 0.15) is 49.7 Å². The van der Waals surface area contributed by atoms with E-state index in [-0.39, 0.29) is 11.8 Å². The fourth-order valence-electron chi connectivity index (χ4n) is 3.76. The minimum absolute atomic E-state index is 0.177. The van der Waals surface area contributed by atoms with Crippen LogP contribution in [0.4, 0.5) is 5.95 Å². The van der Waals surface area contributed by atoms with Crippen LogP contribution in [-0.4, -0.2) is 20.5 Å². The van der Waals surface area contributed by atoms with Gasteiger partial charge in [-0.2, -0.15) is 10.1 Å². The van der Waals surface area contributed by atoms with E-state index < -0.39 is 0 Å². The molecular formula is C19H22N4O. The van der Waals surface area contributed by atoms with Crippen LogP contribution < -0.4 is 5.32 Å². The maximum atomic E-state index is 12.8. The number of allylic oxidation sites excluding steroid dienone is 2. The molecule has 0 bridgehead atoms. The number of aryl methyl sites for hydroxylation is 2. The quantitative estimate of drug-likeness (QED) is 0.920. The number of carbonyl (C=O) groups is 1. The molecule has 0 radical (unpaired) electrons. The molecule has 0 saturated carbocycles. The van der Waals surface area contributed by atoms with Gasteiger partial charge in [-0.25, -0.2) is 4.68 Å². The molecule has 0 unspecified atom stereocenters. The number of Topliss-reactive ketones (excluding diaryl/α,β-unsaturated/α-hetero) is 1. The molecule has 0 saturated heterocycles. The zero-order valence-electron chi connectivity index (χ0n) is 14.3. The largest absolute Gasteiger partial charge is 0.328 e. The summed E-state index contributed by atoms with van der Waals surface area (Å²) in [4.78, 5) is 17.3. The van der Waals surface area contributed by atoms with E-state index in [1.165, 1.54) is 5.56 Å². The Bertz CT molecular complexity index is 832. The van der Waals surface area contributed by atoms with E-state index >= 15 is 0 Å². The molecule has 1 N–H and O–H groups in total. The van der Waals surface area contributed by atoms with Gasteiger partial charge in [0, 0.05) is 17.7 Å². The highest BCUT2D eigenvalue weighted by Crippen LogP contribution is 2.41. The topological polar surface area (TPSA) is 59.8 Å². The molecule has 2 atom stereocenters. The SMILES string of the molecule is CCc1ccc([C@@H]2C3=C(C[C@@H](C)CC3=O)Nc3nc(C)nn32)cc1. The van der Waals surface area contributed by atoms with Crippen LogP contribution in [0.3, 0.4) is 0 Å². The number of carbonyl (C=O) groups excluding carboxylic acids is 1. The van der Waals surface area contributed by atoms with E-state index in [2.05, 4.69) is 53.5 Å². The summed E-state index contributed by atoms with van der Waals surface area (Å²) in [5.41, 5.74) is 4.26. The molecule has 2 aliphatic rings. The number of aromatic nitrogens is 3. The van der Waals surface area contributed by atoms with E-state index in [1.54, 1.807) is 0 Å². The van der Waals surface area contributed by atoms with Crippen molar-refractivity contribution in [2.75, 3.05) is 5.32 Å². The third kappa shape index (κ3) is 2.35. The molecule has 1 aliphatic heterocycles. The van der Waals surface area contributed by atoms with Crippen molar-refractivity contribution < 1.29 is 4.79 Å². The molecule has 4 rings (SSSR count). The summed E-state index contributed by atoms with van der Waals surface area (Å²) < 4.78 is 1.86. The van der Waals surface area contributed by atoms with Gasteiger partial charge in [-0.3, -0.25) is 4.79 Å². The van der Waals surface area contributed by atoms with Gasteiger partial charge in [0.1, 0.15) is 11.9 Å². The average Bonchev–Trinajstić information content (AvgIpc) is 2.92. The predicted molar refractivity (Wildman–Crippen MR) is 92.8 cm³/mol. The lowest BCUT2D eigenvalue weighted by Gasteiger charge is -2.34. The van der Waals surface area contributed by atoms with Crippen molar-refractivity contribution in [2.24, 2.45) is 5.92 Å². The Morgan fingerprint density at radius 2 is 2.00 bits per heavy atom. The fourth-order valence-corrected chi connectivity index (χ4v) is 3.76. The zero-order valence-corrected chi connectivity index (χ0v) is 14.3. The molecule has 0 spiro atoms. The predicted octanol–water partition coefficient (Wildman–Crippen LogP) is 3.42. The van der Waals surface area contributed by atoms with Crippen molar-refractivity contribution in [1.29, 1.82) is 0 Å². The van der Waals surface area contributed by atoms with Crippen molar-refractivity contribution >= 4 is 11.7 Å². The molecule has 1 aliphatic carbocycles. The number of nitrogens with one attached hydrogen (secondary N) is 1. The van der Waals surface area contributed by atoms with E-state index in [9.17, 15) is 4.79 Å². The smallest absolute Gasteiger partial charge is 0.226 e. The molecule has 2 heterocycles. The van der Waals surface area contributed by atoms with Crippen molar-refractivity contribution in [3.8, 4) is 0 Å². The van der Waals surface area contributed by atoms with Crippen LogP contribution in [0.25, 0.3) is 0 Å². The number of fused-ring (bicyclic) bond motifs is 1. The number of anilines is 1. The highest BCUT2D eigenvalue weighted by atomic mass is 16.1. The molecule has 1 aromatic carbocycles. The number of hydrogen-bond acceptors (Lipinski definition) is 4. The summed E-state index contributed by atoms with van der Waals surface area (Å²) >= 11 is 0. The summed E-state index contributed by atoms with van der Waals surface area (Å²) in [6.07, 6.45) is 2.49. The van der Waals surface area contributed by atoms with E-state index in [0.29, 0.717) is 18.2 Å². The van der Waals surface area contributed by atoms with Crippen molar-refractivity contribution in [3.63, 3.8) is 0 Å². The first kappa shape index (κ1) is 15.1. The monoisotopic (exact) mass is 322 g/mol. The summed E-state index contributed by atoms with van der Waals surface area (Å²) in [6, 6.07) is 8.33. The normalized spacial score (nSPS) is 22.9. The Kier molecular flexibility index (Phi) is 3.52. The lowest BCUT2D eigenvalue weighted by Crippen LogP contribution is -2.33. The average molecular weight is 322 g/mol. The van der Waals surface area contributed by atoms with Crippen molar-refractivity contribution in [2.45, 2.75) is 46.1 Å². The summed E-state index contributed by atoms with van der Waals surface area (Å²) in [5.74, 6) is 2.03. The van der Waals surface area contributed by atoms with Crippen molar-refractivity contribution in [1.82, 2.24) is 14.8 Å². The van der Waals surface area contributed by atoms with Gasteiger partial charge in [-0.1, -0.05) is 38.1 Å². The molecule has 1 aromatic heterocycles. The summed E-state index contributed by atoms with van der Waals surface area (Å²) in [6.45, 7) is 6.15. The van der Waals surface area contributed by atoms with Crippen LogP contribution in [0, 0.1) is 12.8 Å². The lowest BCUT2D eigenvalue weighted by molar-refractivity contribution is -0.117. The fraction of sp³-hybridized carbons (Fsp3) is 0.421. The van der Waals surface area contributed by atoms with Gasteiger partial charge >= 0.3 is 0 Å². The number of benzene rings is 1. The minimum atomic E-state index is -0.177. The van der Waals surface area contributed by atoms with Gasteiger partial charge in [0.2, 0.25) is 5.95 Å². The Labute approximate surface area is 141 Å². The van der Waals surface area contributed by atoms with E-state index in [1.807, 2.05) is 11.6 Å². The molecule has 0 amide bonds. The number of rotatable bonds is 2. The second-order valence-electron chi connectivity index (χ2n) is 6.88. The Hall–Kier alpha value is -2.43. The lowest BCUT2D eigenvalue weighted by atomic mass is 9.81. The second-order valence-corrected chi connectivity index (χ2v) is 6.88. The Balaban J connectivity index is 1.87. The molecule has 24 heavy (non-hydrogen) atoms. The molecule has 0 fully saturated rings. The van der Waals surface area contributed by atoms with E-state index in [4.69, 9.17) is 0 Å². The summed E-state index contributed by atoms with van der Waals surface area (Å²) in [7, 11) is 0. The Morgan fingerprint density at radius 3 is 2.71 bits per heavy atom. The standard InChI is InChI=1S/C19H22N4O/c1-4-13-5-7-14(8-6-13)18-17-15(9-11(2)10-16(17)24)21-19-20-12(3)22-23(18)19/h5-8,11,18H,4,9-10H2,1-3H3,(H,20,21,22)/t11-,18-/m1/s1.